The maximum Gasteiger partial charge on any atom is 0.270 e. The molecule has 3 rings (SSSR count). The summed E-state index contributed by atoms with van der Waals surface area (Å²) in [5.74, 6) is 0.180. The molecule has 0 unspecified atom stereocenters. The normalized spacial score (nSPS) is 20.7. The Bertz CT molecular complexity index is 569. The first kappa shape index (κ1) is 16.1. The number of carbonyl (C=O) groups is 1. The third kappa shape index (κ3) is 3.79. The van der Waals surface area contributed by atoms with Crippen molar-refractivity contribution in [2.75, 3.05) is 31.2 Å². The molecule has 1 amide bonds. The average molecular weight is 320 g/mol. The monoisotopic (exact) mass is 320 g/mol. The van der Waals surface area contributed by atoms with E-state index in [1.54, 1.807) is 6.07 Å². The summed E-state index contributed by atoms with van der Waals surface area (Å²) in [6.45, 7) is 8.75. The van der Waals surface area contributed by atoms with Gasteiger partial charge in [-0.3, -0.25) is 4.79 Å². The minimum atomic E-state index is -0.407. The van der Waals surface area contributed by atoms with Crippen molar-refractivity contribution in [2.45, 2.75) is 44.9 Å². The summed E-state index contributed by atoms with van der Waals surface area (Å²) in [6, 6.07) is 1.75. The summed E-state index contributed by atoms with van der Waals surface area (Å²) < 4.78 is 11.5. The first-order chi connectivity index (χ1) is 10.9. The molecule has 7 heteroatoms. The Morgan fingerprint density at radius 3 is 2.48 bits per heavy atom. The van der Waals surface area contributed by atoms with Crippen LogP contribution in [0.3, 0.4) is 0 Å². The van der Waals surface area contributed by atoms with Gasteiger partial charge in [0.2, 0.25) is 0 Å². The van der Waals surface area contributed by atoms with Crippen LogP contribution in [0.15, 0.2) is 12.4 Å². The Morgan fingerprint density at radius 1 is 1.22 bits per heavy atom. The van der Waals surface area contributed by atoms with Gasteiger partial charge in [-0.15, -0.1) is 0 Å². The van der Waals surface area contributed by atoms with Crippen LogP contribution in [0.1, 0.15) is 44.1 Å². The quantitative estimate of drug-likeness (QED) is 0.886. The lowest BCUT2D eigenvalue weighted by molar-refractivity contribution is -0.169. The van der Waals surface area contributed by atoms with Gasteiger partial charge in [0.15, 0.2) is 5.79 Å². The van der Waals surface area contributed by atoms with Gasteiger partial charge < -0.3 is 19.7 Å². The van der Waals surface area contributed by atoms with Crippen molar-refractivity contribution in [2.24, 2.45) is 0 Å². The number of carbonyl (C=O) groups excluding carboxylic acids is 1. The lowest BCUT2D eigenvalue weighted by Crippen LogP contribution is -2.45. The summed E-state index contributed by atoms with van der Waals surface area (Å²) >= 11 is 0. The Morgan fingerprint density at radius 2 is 1.87 bits per heavy atom. The van der Waals surface area contributed by atoms with Crippen molar-refractivity contribution < 1.29 is 14.3 Å². The van der Waals surface area contributed by atoms with E-state index in [-0.39, 0.29) is 11.4 Å². The number of ether oxygens (including phenoxy) is 2. The fourth-order valence-corrected chi connectivity index (χ4v) is 2.91. The van der Waals surface area contributed by atoms with Crippen molar-refractivity contribution in [3.63, 3.8) is 0 Å². The van der Waals surface area contributed by atoms with Gasteiger partial charge in [-0.05, 0) is 20.8 Å². The number of amides is 1. The van der Waals surface area contributed by atoms with Crippen LogP contribution in [-0.4, -0.2) is 53.5 Å². The fraction of sp³-hybridized carbons (Fsp3) is 0.688. The minimum Gasteiger partial charge on any atom is -0.356 e. The van der Waals surface area contributed by atoms with Crippen molar-refractivity contribution in [3.05, 3.63) is 18.1 Å². The highest BCUT2D eigenvalue weighted by Crippen LogP contribution is 2.32. The molecule has 0 aliphatic carbocycles. The number of hydrogen-bond acceptors (Lipinski definition) is 6. The lowest BCUT2D eigenvalue weighted by Gasteiger charge is -2.38. The highest BCUT2D eigenvalue weighted by molar-refractivity contribution is 5.93. The summed E-state index contributed by atoms with van der Waals surface area (Å²) in [7, 11) is 0. The van der Waals surface area contributed by atoms with E-state index in [0.29, 0.717) is 18.9 Å². The number of hydrogen-bond donors (Lipinski definition) is 1. The Hall–Kier alpha value is -1.73. The van der Waals surface area contributed by atoms with Crippen molar-refractivity contribution in [3.8, 4) is 0 Å². The van der Waals surface area contributed by atoms with Gasteiger partial charge in [0.25, 0.3) is 5.91 Å². The largest absolute Gasteiger partial charge is 0.356 e. The second-order valence-corrected chi connectivity index (χ2v) is 7.06. The zero-order valence-corrected chi connectivity index (χ0v) is 14.0. The molecule has 23 heavy (non-hydrogen) atoms. The van der Waals surface area contributed by atoms with Gasteiger partial charge in [-0.25, -0.2) is 9.97 Å². The summed E-state index contributed by atoms with van der Waals surface area (Å²) in [6.07, 6.45) is 3.06. The predicted octanol–water partition coefficient (Wildman–Crippen LogP) is 1.35. The average Bonchev–Trinajstić information content (AvgIpc) is 2.95. The smallest absolute Gasteiger partial charge is 0.270 e. The standard InChI is InChI=1S/C16H24N4O3/c1-15(2,3)19-14(21)12-10-13(18-11-17-12)20-6-4-16(5-7-20)22-8-9-23-16/h10-11H,4-9H2,1-3H3,(H,19,21). The Kier molecular flexibility index (Phi) is 4.25. The second kappa shape index (κ2) is 6.05. The number of piperidine rings is 1. The molecule has 7 nitrogen and oxygen atoms in total. The lowest BCUT2D eigenvalue weighted by atomic mass is 10.0. The molecule has 1 spiro atoms. The zero-order valence-electron chi connectivity index (χ0n) is 14.0. The fourth-order valence-electron chi connectivity index (χ4n) is 2.91. The van der Waals surface area contributed by atoms with Crippen LogP contribution in [0.5, 0.6) is 0 Å². The van der Waals surface area contributed by atoms with Crippen LogP contribution in [-0.2, 0) is 9.47 Å². The van der Waals surface area contributed by atoms with Crippen LogP contribution in [0, 0.1) is 0 Å². The molecule has 1 aromatic heterocycles. The zero-order chi connectivity index (χ0) is 16.5. The molecule has 0 atom stereocenters. The molecule has 2 fully saturated rings. The Labute approximate surface area is 136 Å². The van der Waals surface area contributed by atoms with Crippen LogP contribution in [0.25, 0.3) is 0 Å². The highest BCUT2D eigenvalue weighted by Gasteiger charge is 2.40. The maximum atomic E-state index is 12.2. The van der Waals surface area contributed by atoms with Crippen LogP contribution in [0.2, 0.25) is 0 Å². The maximum absolute atomic E-state index is 12.2. The molecule has 2 aliphatic heterocycles. The third-order valence-electron chi connectivity index (χ3n) is 4.04. The van der Waals surface area contributed by atoms with E-state index in [4.69, 9.17) is 9.47 Å². The molecule has 0 aromatic carbocycles. The summed E-state index contributed by atoms with van der Waals surface area (Å²) in [5.41, 5.74) is 0.0928. The van der Waals surface area contributed by atoms with Crippen LogP contribution in [0.4, 0.5) is 5.82 Å². The van der Waals surface area contributed by atoms with Gasteiger partial charge in [0, 0.05) is 37.5 Å². The SMILES string of the molecule is CC(C)(C)NC(=O)c1cc(N2CCC3(CC2)OCCO3)ncn1. The number of rotatable bonds is 2. The highest BCUT2D eigenvalue weighted by atomic mass is 16.7. The van der Waals surface area contributed by atoms with E-state index in [9.17, 15) is 4.79 Å². The molecule has 1 N–H and O–H groups in total. The number of nitrogens with one attached hydrogen (secondary N) is 1. The molecular formula is C16H24N4O3. The van der Waals surface area contributed by atoms with Crippen molar-refractivity contribution in [1.29, 1.82) is 0 Å². The van der Waals surface area contributed by atoms with E-state index in [0.717, 1.165) is 31.7 Å². The molecule has 2 saturated heterocycles. The molecule has 126 valence electrons. The van der Waals surface area contributed by atoms with E-state index in [2.05, 4.69) is 20.2 Å². The van der Waals surface area contributed by atoms with E-state index >= 15 is 0 Å². The van der Waals surface area contributed by atoms with Gasteiger partial charge in [-0.2, -0.15) is 0 Å². The van der Waals surface area contributed by atoms with Crippen molar-refractivity contribution >= 4 is 11.7 Å². The number of aromatic nitrogens is 2. The van der Waals surface area contributed by atoms with Crippen molar-refractivity contribution in [1.82, 2.24) is 15.3 Å². The van der Waals surface area contributed by atoms with Gasteiger partial charge in [0.05, 0.1) is 13.2 Å². The van der Waals surface area contributed by atoms with Crippen LogP contribution >= 0.6 is 0 Å². The molecule has 0 radical (unpaired) electrons. The number of anilines is 1. The van der Waals surface area contributed by atoms with Gasteiger partial charge in [-0.1, -0.05) is 0 Å². The Balaban J connectivity index is 1.67. The summed E-state index contributed by atoms with van der Waals surface area (Å²) in [4.78, 5) is 22.8. The topological polar surface area (TPSA) is 76.6 Å². The second-order valence-electron chi connectivity index (χ2n) is 7.06. The van der Waals surface area contributed by atoms with Gasteiger partial charge in [0.1, 0.15) is 17.8 Å². The predicted molar refractivity (Wildman–Crippen MR) is 85.3 cm³/mol. The van der Waals surface area contributed by atoms with E-state index in [1.807, 2.05) is 20.8 Å². The molecule has 0 saturated carbocycles. The first-order valence-corrected chi connectivity index (χ1v) is 8.04. The molecular weight excluding hydrogens is 296 g/mol. The molecule has 0 bridgehead atoms. The van der Waals surface area contributed by atoms with E-state index < -0.39 is 5.79 Å². The first-order valence-electron chi connectivity index (χ1n) is 8.04. The molecule has 1 aromatic rings. The summed E-state index contributed by atoms with van der Waals surface area (Å²) in [5, 5.41) is 2.92. The van der Waals surface area contributed by atoms with Gasteiger partial charge >= 0.3 is 0 Å². The molecule has 3 heterocycles. The van der Waals surface area contributed by atoms with Crippen LogP contribution < -0.4 is 10.2 Å². The minimum absolute atomic E-state index is 0.183. The van der Waals surface area contributed by atoms with E-state index in [1.165, 1.54) is 6.33 Å². The third-order valence-corrected chi connectivity index (χ3v) is 4.04. The number of nitrogens with zero attached hydrogens (tertiary/aromatic N) is 3. The molecule has 2 aliphatic rings.